The van der Waals surface area contributed by atoms with E-state index in [1.165, 1.54) is 5.56 Å². The van der Waals surface area contributed by atoms with Crippen molar-refractivity contribution in [2.75, 3.05) is 39.8 Å². The SMILES string of the molecule is COc1ccc(CN2CCN(C(=O)CCCNC(=O)OC(C)(C)C)CC2)cc1. The van der Waals surface area contributed by atoms with Gasteiger partial charge in [-0.1, -0.05) is 12.1 Å². The zero-order chi connectivity index (χ0) is 20.6. The molecule has 2 rings (SSSR count). The highest BCUT2D eigenvalue weighted by Gasteiger charge is 2.21. The number of amides is 2. The van der Waals surface area contributed by atoms with E-state index in [0.29, 0.717) is 19.4 Å². The molecule has 0 spiro atoms. The average molecular weight is 392 g/mol. The van der Waals surface area contributed by atoms with Crippen molar-refractivity contribution in [1.29, 1.82) is 0 Å². The standard InChI is InChI=1S/C21H33N3O4/c1-21(2,3)28-20(26)22-11-5-6-19(25)24-14-12-23(13-15-24)16-17-7-9-18(27-4)10-8-17/h7-10H,5-6,11-16H2,1-4H3,(H,22,26). The molecule has 1 aliphatic heterocycles. The summed E-state index contributed by atoms with van der Waals surface area (Å²) in [6.45, 7) is 10.0. The average Bonchev–Trinajstić information content (AvgIpc) is 2.65. The van der Waals surface area contributed by atoms with E-state index in [9.17, 15) is 9.59 Å². The molecule has 1 N–H and O–H groups in total. The molecule has 0 aromatic heterocycles. The summed E-state index contributed by atoms with van der Waals surface area (Å²) in [4.78, 5) is 28.2. The number of nitrogens with one attached hydrogen (secondary N) is 1. The molecule has 0 radical (unpaired) electrons. The lowest BCUT2D eigenvalue weighted by Crippen LogP contribution is -2.48. The Bertz CT molecular complexity index is 632. The summed E-state index contributed by atoms with van der Waals surface area (Å²) in [5.41, 5.74) is 0.736. The fourth-order valence-electron chi connectivity index (χ4n) is 3.05. The van der Waals surface area contributed by atoms with Crippen LogP contribution in [0.15, 0.2) is 24.3 Å². The molecule has 0 saturated carbocycles. The summed E-state index contributed by atoms with van der Waals surface area (Å²) in [5, 5.41) is 2.69. The molecular formula is C21H33N3O4. The van der Waals surface area contributed by atoms with Gasteiger partial charge in [-0.3, -0.25) is 9.69 Å². The molecule has 156 valence electrons. The van der Waals surface area contributed by atoms with Gasteiger partial charge in [-0.25, -0.2) is 4.79 Å². The number of carbonyl (C=O) groups excluding carboxylic acids is 2. The van der Waals surface area contributed by atoms with Gasteiger partial charge in [-0.15, -0.1) is 0 Å². The van der Waals surface area contributed by atoms with E-state index in [2.05, 4.69) is 22.3 Å². The minimum Gasteiger partial charge on any atom is -0.497 e. The van der Waals surface area contributed by atoms with Gasteiger partial charge in [0.05, 0.1) is 7.11 Å². The van der Waals surface area contributed by atoms with Crippen LogP contribution in [0.5, 0.6) is 5.75 Å². The highest BCUT2D eigenvalue weighted by molar-refractivity contribution is 5.76. The maximum Gasteiger partial charge on any atom is 0.407 e. The van der Waals surface area contributed by atoms with E-state index in [1.54, 1.807) is 7.11 Å². The van der Waals surface area contributed by atoms with Crippen LogP contribution in [0.3, 0.4) is 0 Å². The Balaban J connectivity index is 1.62. The Morgan fingerprint density at radius 3 is 2.29 bits per heavy atom. The first-order valence-electron chi connectivity index (χ1n) is 9.87. The van der Waals surface area contributed by atoms with Crippen molar-refractivity contribution in [1.82, 2.24) is 15.1 Å². The molecule has 7 heteroatoms. The van der Waals surface area contributed by atoms with Crippen LogP contribution in [0.2, 0.25) is 0 Å². The van der Waals surface area contributed by atoms with E-state index in [4.69, 9.17) is 9.47 Å². The summed E-state index contributed by atoms with van der Waals surface area (Å²) >= 11 is 0. The summed E-state index contributed by atoms with van der Waals surface area (Å²) in [6.07, 6.45) is 0.616. The third-order valence-electron chi connectivity index (χ3n) is 4.53. The zero-order valence-corrected chi connectivity index (χ0v) is 17.5. The number of rotatable bonds is 7. The number of alkyl carbamates (subject to hydrolysis) is 1. The number of carbonyl (C=O) groups is 2. The van der Waals surface area contributed by atoms with Crippen LogP contribution in [0.25, 0.3) is 0 Å². The maximum atomic E-state index is 12.4. The molecule has 1 aromatic carbocycles. The maximum absolute atomic E-state index is 12.4. The van der Waals surface area contributed by atoms with Gasteiger partial charge in [-0.05, 0) is 44.9 Å². The van der Waals surface area contributed by atoms with Gasteiger partial charge >= 0.3 is 6.09 Å². The fraction of sp³-hybridized carbons (Fsp3) is 0.619. The predicted molar refractivity (Wildman–Crippen MR) is 108 cm³/mol. The van der Waals surface area contributed by atoms with Gasteiger partial charge in [-0.2, -0.15) is 0 Å². The molecule has 0 atom stereocenters. The van der Waals surface area contributed by atoms with Gasteiger partial charge in [0.2, 0.25) is 5.91 Å². The van der Waals surface area contributed by atoms with E-state index in [0.717, 1.165) is 38.5 Å². The number of methoxy groups -OCH3 is 1. The molecule has 28 heavy (non-hydrogen) atoms. The lowest BCUT2D eigenvalue weighted by molar-refractivity contribution is -0.133. The van der Waals surface area contributed by atoms with E-state index >= 15 is 0 Å². The van der Waals surface area contributed by atoms with Crippen LogP contribution < -0.4 is 10.1 Å². The van der Waals surface area contributed by atoms with Crippen molar-refractivity contribution in [2.24, 2.45) is 0 Å². The van der Waals surface area contributed by atoms with Gasteiger partial charge in [0.1, 0.15) is 11.4 Å². The van der Waals surface area contributed by atoms with Crippen molar-refractivity contribution in [3.05, 3.63) is 29.8 Å². The van der Waals surface area contributed by atoms with Gasteiger partial charge in [0.15, 0.2) is 0 Å². The quantitative estimate of drug-likeness (QED) is 0.724. The number of hydrogen-bond donors (Lipinski definition) is 1. The molecule has 0 bridgehead atoms. The number of benzene rings is 1. The summed E-state index contributed by atoms with van der Waals surface area (Å²) in [7, 11) is 1.67. The molecule has 1 saturated heterocycles. The van der Waals surface area contributed by atoms with Crippen molar-refractivity contribution in [2.45, 2.75) is 45.8 Å². The van der Waals surface area contributed by atoms with Crippen LogP contribution in [0, 0.1) is 0 Å². The first-order valence-corrected chi connectivity index (χ1v) is 9.87. The minimum atomic E-state index is -0.509. The van der Waals surface area contributed by atoms with E-state index in [1.807, 2.05) is 37.8 Å². The van der Waals surface area contributed by atoms with Gasteiger partial charge in [0, 0.05) is 45.7 Å². The highest BCUT2D eigenvalue weighted by atomic mass is 16.6. The molecule has 1 aliphatic rings. The van der Waals surface area contributed by atoms with Crippen molar-refractivity contribution >= 4 is 12.0 Å². The molecular weight excluding hydrogens is 358 g/mol. The lowest BCUT2D eigenvalue weighted by atomic mass is 10.2. The zero-order valence-electron chi connectivity index (χ0n) is 17.5. The first kappa shape index (κ1) is 22.0. The number of hydrogen-bond acceptors (Lipinski definition) is 5. The number of nitrogens with zero attached hydrogens (tertiary/aromatic N) is 2. The highest BCUT2D eigenvalue weighted by Crippen LogP contribution is 2.14. The molecule has 0 unspecified atom stereocenters. The fourth-order valence-corrected chi connectivity index (χ4v) is 3.05. The normalized spacial score (nSPS) is 15.2. The first-order chi connectivity index (χ1) is 13.3. The van der Waals surface area contributed by atoms with Gasteiger partial charge < -0.3 is 19.7 Å². The van der Waals surface area contributed by atoms with Gasteiger partial charge in [0.25, 0.3) is 0 Å². The summed E-state index contributed by atoms with van der Waals surface area (Å²) in [5.74, 6) is 1.01. The third-order valence-corrected chi connectivity index (χ3v) is 4.53. The Morgan fingerprint density at radius 2 is 1.71 bits per heavy atom. The largest absolute Gasteiger partial charge is 0.497 e. The molecule has 7 nitrogen and oxygen atoms in total. The van der Waals surface area contributed by atoms with E-state index < -0.39 is 11.7 Å². The molecule has 1 heterocycles. The monoisotopic (exact) mass is 391 g/mol. The molecule has 1 fully saturated rings. The van der Waals surface area contributed by atoms with Crippen molar-refractivity contribution < 1.29 is 19.1 Å². The predicted octanol–water partition coefficient (Wildman–Crippen LogP) is 2.64. The second-order valence-electron chi connectivity index (χ2n) is 8.04. The number of piperazine rings is 1. The van der Waals surface area contributed by atoms with Crippen LogP contribution in [0.4, 0.5) is 4.79 Å². The Kier molecular flexibility index (Phi) is 8.11. The van der Waals surface area contributed by atoms with Crippen LogP contribution in [-0.2, 0) is 16.1 Å². The van der Waals surface area contributed by atoms with Crippen molar-refractivity contribution in [3.8, 4) is 5.75 Å². The lowest BCUT2D eigenvalue weighted by Gasteiger charge is -2.34. The Hall–Kier alpha value is -2.28. The van der Waals surface area contributed by atoms with Crippen LogP contribution in [-0.4, -0.2) is 67.2 Å². The second kappa shape index (κ2) is 10.3. The smallest absolute Gasteiger partial charge is 0.407 e. The second-order valence-corrected chi connectivity index (χ2v) is 8.04. The third kappa shape index (κ3) is 7.76. The van der Waals surface area contributed by atoms with E-state index in [-0.39, 0.29) is 5.91 Å². The Morgan fingerprint density at radius 1 is 1.07 bits per heavy atom. The summed E-state index contributed by atoms with van der Waals surface area (Å²) in [6, 6.07) is 8.10. The minimum absolute atomic E-state index is 0.148. The van der Waals surface area contributed by atoms with Crippen molar-refractivity contribution in [3.63, 3.8) is 0 Å². The number of ether oxygens (including phenoxy) is 2. The molecule has 2 amide bonds. The van der Waals surface area contributed by atoms with Crippen LogP contribution in [0.1, 0.15) is 39.2 Å². The molecule has 0 aliphatic carbocycles. The van der Waals surface area contributed by atoms with Crippen LogP contribution >= 0.6 is 0 Å². The Labute approximate surface area is 168 Å². The summed E-state index contributed by atoms with van der Waals surface area (Å²) < 4.78 is 10.4. The molecule has 1 aromatic rings. The topological polar surface area (TPSA) is 71.1 Å².